The van der Waals surface area contributed by atoms with Crippen molar-refractivity contribution in [3.05, 3.63) is 247 Å². The van der Waals surface area contributed by atoms with Gasteiger partial charge in [0.2, 0.25) is 0 Å². The summed E-state index contributed by atoms with van der Waals surface area (Å²) in [4.78, 5) is 9.74. The smallest absolute Gasteiger partial charge is 0.135 e. The molecule has 12 rings (SSSR count). The van der Waals surface area contributed by atoms with E-state index in [1.807, 2.05) is 18.3 Å². The van der Waals surface area contributed by atoms with Gasteiger partial charge in [0.25, 0.3) is 0 Å². The fraction of sp³-hybridized carbons (Fsp3) is 0.143. The number of anilines is 4. The van der Waals surface area contributed by atoms with Crippen LogP contribution in [-0.4, -0.2) is 9.55 Å². The third-order valence-corrected chi connectivity index (χ3v) is 14.7. The zero-order valence-corrected chi connectivity index (χ0v) is 46.5. The van der Waals surface area contributed by atoms with Crippen LogP contribution in [0.25, 0.3) is 72.1 Å². The number of benzene rings is 9. The minimum atomic E-state index is 0. The quantitative estimate of drug-likeness (QED) is 0.135. The van der Waals surface area contributed by atoms with Crippen LogP contribution in [-0.2, 0) is 31.9 Å². The van der Waals surface area contributed by atoms with Gasteiger partial charge in [-0.2, -0.15) is 6.07 Å². The minimum Gasteiger partial charge on any atom is -0.509 e. The van der Waals surface area contributed by atoms with Crippen LogP contribution in [0.5, 0.6) is 11.5 Å². The van der Waals surface area contributed by atoms with E-state index in [1.165, 1.54) is 16.7 Å². The van der Waals surface area contributed by atoms with E-state index in [0.717, 1.165) is 100 Å². The van der Waals surface area contributed by atoms with E-state index in [-0.39, 0.29) is 31.9 Å². The van der Waals surface area contributed by atoms with Gasteiger partial charge in [0.1, 0.15) is 5.82 Å². The molecule has 0 spiro atoms. The molecule has 378 valence electrons. The Hall–Kier alpha value is -7.98. The molecule has 5 nitrogen and oxygen atoms in total. The van der Waals surface area contributed by atoms with Gasteiger partial charge < -0.3 is 19.1 Å². The van der Waals surface area contributed by atoms with Crippen LogP contribution in [0.15, 0.2) is 206 Å². The Bertz CT molecular complexity index is 3920. The first kappa shape index (κ1) is 50.2. The summed E-state index contributed by atoms with van der Waals surface area (Å²) in [5, 5.41) is 2.21. The Balaban J connectivity index is 0.00000616. The Labute approximate surface area is 462 Å². The summed E-state index contributed by atoms with van der Waals surface area (Å²) in [6.07, 6.45) is 2.00. The largest absolute Gasteiger partial charge is 0.509 e. The topological polar surface area (TPSA) is 33.5 Å². The molecule has 3 heterocycles. The second kappa shape index (κ2) is 19.9. The Morgan fingerprint density at radius 1 is 0.487 bits per heavy atom. The second-order valence-electron chi connectivity index (χ2n) is 21.9. The number of pyridine rings is 1. The average Bonchev–Trinajstić information content (AvgIpc) is 3.97. The third-order valence-electron chi connectivity index (χ3n) is 14.7. The maximum Gasteiger partial charge on any atom is 0.135 e. The van der Waals surface area contributed by atoms with Crippen molar-refractivity contribution in [3.63, 3.8) is 0 Å². The summed E-state index contributed by atoms with van der Waals surface area (Å²) in [5.74, 6) is 1.97. The molecule has 9 aromatic carbocycles. The summed E-state index contributed by atoms with van der Waals surface area (Å²) in [6.45, 7) is 20.0. The third kappa shape index (κ3) is 9.32. The summed E-state index contributed by atoms with van der Waals surface area (Å²) in [5.41, 5.74) is 20.0. The first-order chi connectivity index (χ1) is 36.3. The predicted molar refractivity (Wildman–Crippen MR) is 313 cm³/mol. The van der Waals surface area contributed by atoms with E-state index in [9.17, 15) is 0 Å². The molecule has 0 aliphatic carbocycles. The number of fused-ring (bicyclic) bond motifs is 4. The zero-order chi connectivity index (χ0) is 51.6. The maximum atomic E-state index is 7.01. The van der Waals surface area contributed by atoms with Crippen molar-refractivity contribution in [2.24, 2.45) is 0 Å². The van der Waals surface area contributed by atoms with Gasteiger partial charge in [0.05, 0.1) is 0 Å². The number of aromatic nitrogens is 2. The molecule has 0 saturated carbocycles. The molecule has 0 fully saturated rings. The van der Waals surface area contributed by atoms with Gasteiger partial charge in [0, 0.05) is 78.0 Å². The number of aryl methyl sites for hydroxylation is 2. The molecule has 0 N–H and O–H groups in total. The van der Waals surface area contributed by atoms with Crippen LogP contribution in [0.4, 0.5) is 22.7 Å². The fourth-order valence-corrected chi connectivity index (χ4v) is 10.6. The first-order valence-electron chi connectivity index (χ1n) is 25.9. The monoisotopic (exact) mass is 1170 g/mol. The average molecular weight is 1170 g/mol. The van der Waals surface area contributed by atoms with Crippen LogP contribution in [0.1, 0.15) is 63.8 Å². The molecule has 2 aromatic heterocycles. The molecule has 6 heteroatoms. The van der Waals surface area contributed by atoms with Gasteiger partial charge in [-0.05, 0) is 93.3 Å². The first-order valence-corrected chi connectivity index (χ1v) is 25.9. The van der Waals surface area contributed by atoms with Gasteiger partial charge >= 0.3 is 0 Å². The van der Waals surface area contributed by atoms with Gasteiger partial charge in [-0.1, -0.05) is 210 Å². The Kier molecular flexibility index (Phi) is 13.2. The maximum absolute atomic E-state index is 7.01. The molecule has 0 atom stereocenters. The van der Waals surface area contributed by atoms with Crippen LogP contribution >= 0.6 is 0 Å². The van der Waals surface area contributed by atoms with E-state index in [2.05, 4.69) is 277 Å². The molecular formula is C70H59N4OPt-3. The summed E-state index contributed by atoms with van der Waals surface area (Å²) < 4.78 is 9.25. The summed E-state index contributed by atoms with van der Waals surface area (Å²) in [6, 6.07) is 79.2. The van der Waals surface area contributed by atoms with E-state index in [1.54, 1.807) is 0 Å². The van der Waals surface area contributed by atoms with Crippen molar-refractivity contribution in [2.75, 3.05) is 9.80 Å². The summed E-state index contributed by atoms with van der Waals surface area (Å²) >= 11 is 0. The van der Waals surface area contributed by atoms with Crippen molar-refractivity contribution in [2.45, 2.75) is 66.2 Å². The fourth-order valence-electron chi connectivity index (χ4n) is 10.6. The van der Waals surface area contributed by atoms with E-state index in [4.69, 9.17) is 9.72 Å². The van der Waals surface area contributed by atoms with Gasteiger partial charge in [-0.15, -0.1) is 48.3 Å². The second-order valence-corrected chi connectivity index (χ2v) is 21.9. The molecule has 1 aliphatic heterocycles. The van der Waals surface area contributed by atoms with Crippen molar-refractivity contribution >= 4 is 44.6 Å². The van der Waals surface area contributed by atoms with Crippen molar-refractivity contribution in [3.8, 4) is 61.8 Å². The molecule has 0 bridgehead atoms. The molecule has 0 unspecified atom stereocenters. The molecule has 0 amide bonds. The molecule has 1 aliphatic rings. The molecule has 0 radical (unpaired) electrons. The van der Waals surface area contributed by atoms with Crippen LogP contribution in [0.2, 0.25) is 0 Å². The normalized spacial score (nSPS) is 12.5. The minimum absolute atomic E-state index is 0. The van der Waals surface area contributed by atoms with E-state index >= 15 is 0 Å². The van der Waals surface area contributed by atoms with Gasteiger partial charge in [-0.25, -0.2) is 4.98 Å². The molecule has 11 aromatic rings. The molecular weight excluding hydrogens is 1110 g/mol. The zero-order valence-electron chi connectivity index (χ0n) is 44.2. The standard InChI is InChI=1S/C70H59N4O.Pt/c1-46-28-30-51(31-29-46)61-44-71-66(40-47(61)2)74-62-25-13-12-22-59(62)67-60(50-34-38-53(39-35-50)70(6,7)8)42-56(43-65(67)74)75-55-21-16-20-54(41-55)72-45-73(64-27-15-14-26-63(64)72)68-57(48-18-10-9-11-19-48)23-17-24-58(68)49-32-36-52(37-33-49)69(3,4)5;/h9-40,42,44-45H,1-8H3;/q-3;. The number of nitrogens with zero attached hydrogens (tertiary/aromatic N) is 4. The SMILES string of the molecule is Cc1ccc(-c2cnc(-n3c4[c-]c(Oc5[c-]c(N6[CH-]N(c7c(-c8ccccc8)cccc7-c7ccc(C(C)(C)C)cc7)c7ccccc76)ccc5)cc(-c5ccc(C(C)(C)C)cc5)c4c4ccccc43)cc2C)cc1.[Pt]. The number of hydrogen-bond acceptors (Lipinski definition) is 4. The van der Waals surface area contributed by atoms with E-state index < -0.39 is 0 Å². The number of para-hydroxylation sites is 4. The van der Waals surface area contributed by atoms with Crippen molar-refractivity contribution in [1.82, 2.24) is 9.55 Å². The van der Waals surface area contributed by atoms with Crippen LogP contribution in [0.3, 0.4) is 0 Å². The Morgan fingerprint density at radius 3 is 1.68 bits per heavy atom. The predicted octanol–water partition coefficient (Wildman–Crippen LogP) is 18.9. The van der Waals surface area contributed by atoms with Gasteiger partial charge in [-0.3, -0.25) is 0 Å². The van der Waals surface area contributed by atoms with Crippen LogP contribution < -0.4 is 14.5 Å². The Morgan fingerprint density at radius 2 is 1.04 bits per heavy atom. The van der Waals surface area contributed by atoms with Crippen molar-refractivity contribution in [1.29, 1.82) is 0 Å². The summed E-state index contributed by atoms with van der Waals surface area (Å²) in [7, 11) is 0. The van der Waals surface area contributed by atoms with Gasteiger partial charge in [0.15, 0.2) is 0 Å². The van der Waals surface area contributed by atoms with Crippen LogP contribution in [0, 0.1) is 32.6 Å². The van der Waals surface area contributed by atoms with E-state index in [0.29, 0.717) is 11.5 Å². The number of ether oxygens (including phenoxy) is 1. The molecule has 76 heavy (non-hydrogen) atoms. The number of hydrogen-bond donors (Lipinski definition) is 0. The molecule has 0 saturated heterocycles. The number of rotatable bonds is 9. The van der Waals surface area contributed by atoms with Crippen molar-refractivity contribution < 1.29 is 25.8 Å².